The Morgan fingerprint density at radius 3 is 2.60 bits per heavy atom. The molecule has 5 heteroatoms. The van der Waals surface area contributed by atoms with Gasteiger partial charge >= 0.3 is 6.03 Å². The molecule has 1 aliphatic carbocycles. The van der Waals surface area contributed by atoms with Crippen molar-refractivity contribution in [2.24, 2.45) is 0 Å². The van der Waals surface area contributed by atoms with Crippen LogP contribution in [0.15, 0.2) is 17.7 Å². The Hall–Kier alpha value is -2.17. The number of benzene rings is 1. The molecule has 1 saturated heterocycles. The largest absolute Gasteiger partial charge is 0.507 e. The number of unbranched alkanes of at least 4 members (excludes halogenated alkanes) is 2. The molecule has 5 nitrogen and oxygen atoms in total. The van der Waals surface area contributed by atoms with E-state index in [9.17, 15) is 15.0 Å². The van der Waals surface area contributed by atoms with Crippen molar-refractivity contribution in [3.05, 3.63) is 34.4 Å². The van der Waals surface area contributed by atoms with Gasteiger partial charge in [0.1, 0.15) is 11.5 Å². The van der Waals surface area contributed by atoms with Crippen molar-refractivity contribution in [1.29, 1.82) is 0 Å². The van der Waals surface area contributed by atoms with Crippen LogP contribution in [0.3, 0.4) is 0 Å². The molecule has 0 spiro atoms. The molecular weight excluding hydrogens is 376 g/mol. The van der Waals surface area contributed by atoms with Crippen molar-refractivity contribution in [2.75, 3.05) is 20.1 Å². The number of aromatic hydroxyl groups is 2. The van der Waals surface area contributed by atoms with Gasteiger partial charge in [-0.3, -0.25) is 0 Å². The van der Waals surface area contributed by atoms with Gasteiger partial charge in [-0.25, -0.2) is 4.79 Å². The molecule has 2 aliphatic rings. The lowest BCUT2D eigenvalue weighted by Crippen LogP contribution is -2.39. The molecule has 2 N–H and O–H groups in total. The molecule has 1 fully saturated rings. The van der Waals surface area contributed by atoms with E-state index in [0.717, 1.165) is 82.0 Å². The van der Waals surface area contributed by atoms with E-state index < -0.39 is 0 Å². The van der Waals surface area contributed by atoms with Crippen molar-refractivity contribution < 1.29 is 15.0 Å². The normalized spacial score (nSPS) is 19.1. The van der Waals surface area contributed by atoms with Crippen molar-refractivity contribution in [2.45, 2.75) is 84.1 Å². The third-order valence-electron chi connectivity index (χ3n) is 6.61. The van der Waals surface area contributed by atoms with Crippen LogP contribution in [0.25, 0.3) is 0 Å². The molecule has 1 aromatic carbocycles. The lowest BCUT2D eigenvalue weighted by molar-refractivity contribution is 0.170. The summed E-state index contributed by atoms with van der Waals surface area (Å²) in [6.07, 6.45) is 11.4. The standard InChI is InChI=1S/C25H38N2O3/c1-4-5-6-11-19-16-22(28)23(20-12-9-10-18(2)15-20)24(29)21(19)17-26(3)25(30)27-13-7-8-14-27/h15-16,20,28-29H,4-14,17H2,1-3H3. The van der Waals surface area contributed by atoms with Gasteiger partial charge in [0, 0.05) is 37.2 Å². The molecule has 2 amide bonds. The summed E-state index contributed by atoms with van der Waals surface area (Å²) in [7, 11) is 1.81. The second-order valence-electron chi connectivity index (χ2n) is 9.10. The summed E-state index contributed by atoms with van der Waals surface area (Å²) < 4.78 is 0. The monoisotopic (exact) mass is 414 g/mol. The maximum Gasteiger partial charge on any atom is 0.320 e. The predicted molar refractivity (Wildman–Crippen MR) is 121 cm³/mol. The van der Waals surface area contributed by atoms with Gasteiger partial charge in [-0.1, -0.05) is 31.4 Å². The van der Waals surface area contributed by atoms with Gasteiger partial charge in [-0.05, 0) is 63.5 Å². The molecule has 30 heavy (non-hydrogen) atoms. The third kappa shape index (κ3) is 5.11. The second kappa shape index (κ2) is 10.2. The minimum Gasteiger partial charge on any atom is -0.507 e. The number of carbonyl (C=O) groups is 1. The molecule has 1 aromatic rings. The van der Waals surface area contributed by atoms with E-state index in [1.807, 2.05) is 18.0 Å². The highest BCUT2D eigenvalue weighted by Crippen LogP contribution is 2.44. The lowest BCUT2D eigenvalue weighted by Gasteiger charge is -2.28. The summed E-state index contributed by atoms with van der Waals surface area (Å²) in [4.78, 5) is 16.4. The molecule has 1 unspecified atom stereocenters. The number of hydrogen-bond donors (Lipinski definition) is 2. The number of phenols is 2. The minimum absolute atomic E-state index is 0.0226. The van der Waals surface area contributed by atoms with Gasteiger partial charge in [0.15, 0.2) is 0 Å². The average Bonchev–Trinajstić information content (AvgIpc) is 3.25. The Bertz CT molecular complexity index is 781. The van der Waals surface area contributed by atoms with Crippen LogP contribution < -0.4 is 0 Å². The summed E-state index contributed by atoms with van der Waals surface area (Å²) >= 11 is 0. The molecule has 0 bridgehead atoms. The zero-order chi connectivity index (χ0) is 21.7. The van der Waals surface area contributed by atoms with Crippen LogP contribution >= 0.6 is 0 Å². The number of nitrogens with zero attached hydrogens (tertiary/aromatic N) is 2. The fraction of sp³-hybridized carbons (Fsp3) is 0.640. The number of hydrogen-bond acceptors (Lipinski definition) is 3. The topological polar surface area (TPSA) is 64.0 Å². The fourth-order valence-electron chi connectivity index (χ4n) is 4.89. The maximum atomic E-state index is 12.8. The highest BCUT2D eigenvalue weighted by atomic mass is 16.3. The SMILES string of the molecule is CCCCCc1cc(O)c(C2C=C(C)CCC2)c(O)c1CN(C)C(=O)N1CCCC1. The number of phenolic OH excluding ortho intramolecular Hbond substituents is 2. The summed E-state index contributed by atoms with van der Waals surface area (Å²) in [5.41, 5.74) is 3.69. The molecule has 1 atom stereocenters. The third-order valence-corrected chi connectivity index (χ3v) is 6.61. The Morgan fingerprint density at radius 2 is 1.93 bits per heavy atom. The van der Waals surface area contributed by atoms with Gasteiger partial charge in [0.05, 0.1) is 6.54 Å². The van der Waals surface area contributed by atoms with E-state index in [-0.39, 0.29) is 23.4 Å². The van der Waals surface area contributed by atoms with E-state index in [4.69, 9.17) is 0 Å². The lowest BCUT2D eigenvalue weighted by atomic mass is 9.83. The van der Waals surface area contributed by atoms with Crippen LogP contribution in [0, 0.1) is 0 Å². The number of allylic oxidation sites excluding steroid dienone is 2. The Labute approximate surface area is 181 Å². The van der Waals surface area contributed by atoms with E-state index in [0.29, 0.717) is 12.1 Å². The number of urea groups is 1. The molecule has 0 radical (unpaired) electrons. The Kier molecular flexibility index (Phi) is 7.68. The molecule has 3 rings (SSSR count). The van der Waals surface area contributed by atoms with Gasteiger partial charge in [0.2, 0.25) is 0 Å². The van der Waals surface area contributed by atoms with Gasteiger partial charge in [-0.15, -0.1) is 0 Å². The summed E-state index contributed by atoms with van der Waals surface area (Å²) in [5.74, 6) is 0.396. The molecular formula is C25H38N2O3. The zero-order valence-electron chi connectivity index (χ0n) is 18.9. The highest BCUT2D eigenvalue weighted by Gasteiger charge is 2.27. The van der Waals surface area contributed by atoms with E-state index in [1.165, 1.54) is 5.57 Å². The van der Waals surface area contributed by atoms with Crippen LogP contribution in [0.5, 0.6) is 11.5 Å². The number of amides is 2. The van der Waals surface area contributed by atoms with Crippen LogP contribution in [-0.4, -0.2) is 46.2 Å². The fourth-order valence-corrected chi connectivity index (χ4v) is 4.89. The quantitative estimate of drug-likeness (QED) is 0.445. The van der Waals surface area contributed by atoms with Gasteiger partial charge in [0.25, 0.3) is 0 Å². The first kappa shape index (κ1) is 22.5. The zero-order valence-corrected chi connectivity index (χ0v) is 18.9. The molecule has 1 aliphatic heterocycles. The van der Waals surface area contributed by atoms with Gasteiger partial charge < -0.3 is 20.0 Å². The second-order valence-corrected chi connectivity index (χ2v) is 9.10. The van der Waals surface area contributed by atoms with Crippen molar-refractivity contribution in [1.82, 2.24) is 9.80 Å². The molecule has 166 valence electrons. The van der Waals surface area contributed by atoms with Crippen LogP contribution in [0.2, 0.25) is 0 Å². The van der Waals surface area contributed by atoms with Crippen molar-refractivity contribution in [3.63, 3.8) is 0 Å². The molecule has 0 aromatic heterocycles. The Balaban J connectivity index is 1.93. The smallest absolute Gasteiger partial charge is 0.320 e. The van der Waals surface area contributed by atoms with E-state index in [2.05, 4.69) is 19.9 Å². The van der Waals surface area contributed by atoms with Crippen LogP contribution in [0.4, 0.5) is 4.79 Å². The first-order chi connectivity index (χ1) is 14.4. The highest BCUT2D eigenvalue weighted by molar-refractivity contribution is 5.74. The minimum atomic E-state index is 0.0226. The van der Waals surface area contributed by atoms with Crippen LogP contribution in [0.1, 0.15) is 87.8 Å². The summed E-state index contributed by atoms with van der Waals surface area (Å²) in [6, 6.07) is 1.86. The number of likely N-dealkylation sites (tertiary alicyclic amines) is 1. The van der Waals surface area contributed by atoms with Crippen LogP contribution in [-0.2, 0) is 13.0 Å². The first-order valence-corrected chi connectivity index (χ1v) is 11.7. The van der Waals surface area contributed by atoms with E-state index >= 15 is 0 Å². The van der Waals surface area contributed by atoms with Crippen molar-refractivity contribution in [3.8, 4) is 11.5 Å². The summed E-state index contributed by atoms with van der Waals surface area (Å²) in [6.45, 7) is 6.27. The van der Waals surface area contributed by atoms with Crippen molar-refractivity contribution >= 4 is 6.03 Å². The summed E-state index contributed by atoms with van der Waals surface area (Å²) in [5, 5.41) is 22.1. The number of aryl methyl sites for hydroxylation is 1. The number of rotatable bonds is 7. The Morgan fingerprint density at radius 1 is 1.20 bits per heavy atom. The number of carbonyl (C=O) groups excluding carboxylic acids is 1. The maximum absolute atomic E-state index is 12.8. The average molecular weight is 415 g/mol. The van der Waals surface area contributed by atoms with E-state index in [1.54, 1.807) is 4.90 Å². The predicted octanol–water partition coefficient (Wildman–Crippen LogP) is 5.69. The molecule has 0 saturated carbocycles. The van der Waals surface area contributed by atoms with Gasteiger partial charge in [-0.2, -0.15) is 0 Å². The first-order valence-electron chi connectivity index (χ1n) is 11.7. The molecule has 1 heterocycles.